The van der Waals surface area contributed by atoms with Gasteiger partial charge in [0, 0.05) is 6.61 Å². The first-order chi connectivity index (χ1) is 7.36. The summed E-state index contributed by atoms with van der Waals surface area (Å²) >= 11 is 0. The molecule has 0 aliphatic carbocycles. The zero-order valence-corrected chi connectivity index (χ0v) is 8.67. The van der Waals surface area contributed by atoms with E-state index in [4.69, 9.17) is 4.74 Å². The van der Waals surface area contributed by atoms with Gasteiger partial charge in [-0.05, 0) is 18.4 Å². The first kappa shape index (κ1) is 10.4. The van der Waals surface area contributed by atoms with Crippen LogP contribution >= 0.6 is 0 Å². The Kier molecular flexibility index (Phi) is 3.54. The fourth-order valence-corrected chi connectivity index (χ4v) is 1.74. The van der Waals surface area contributed by atoms with Crippen molar-refractivity contribution in [3.8, 4) is 0 Å². The molecule has 1 heterocycles. The first-order valence-electron chi connectivity index (χ1n) is 5.39. The average molecular weight is 204 g/mol. The Balaban J connectivity index is 1.94. The Bertz CT molecular complexity index is 313. The lowest BCUT2D eigenvalue weighted by atomic mass is 10.1. The number of hydrogen-bond acceptors (Lipinski definition) is 2. The van der Waals surface area contributed by atoms with E-state index < -0.39 is 6.10 Å². The largest absolute Gasteiger partial charge is 0.384 e. The van der Waals surface area contributed by atoms with Crippen molar-refractivity contribution in [1.82, 2.24) is 0 Å². The van der Waals surface area contributed by atoms with Gasteiger partial charge in [-0.3, -0.25) is 0 Å². The normalized spacial score (nSPS) is 23.4. The number of rotatable bonds is 3. The van der Waals surface area contributed by atoms with Crippen molar-refractivity contribution < 1.29 is 9.84 Å². The second-order valence-electron chi connectivity index (χ2n) is 3.79. The molecule has 2 nitrogen and oxygen atoms in total. The molecule has 0 spiro atoms. The van der Waals surface area contributed by atoms with Crippen LogP contribution in [-0.4, -0.2) is 17.8 Å². The summed E-state index contributed by atoms with van der Waals surface area (Å²) in [7, 11) is 0. The fourth-order valence-electron chi connectivity index (χ4n) is 1.74. The average Bonchev–Trinajstić information content (AvgIpc) is 2.80. The molecule has 15 heavy (non-hydrogen) atoms. The molecule has 80 valence electrons. The van der Waals surface area contributed by atoms with E-state index in [0.29, 0.717) is 0 Å². The molecule has 2 rings (SSSR count). The van der Waals surface area contributed by atoms with E-state index in [1.807, 2.05) is 42.5 Å². The van der Waals surface area contributed by atoms with Gasteiger partial charge in [-0.1, -0.05) is 42.5 Å². The van der Waals surface area contributed by atoms with E-state index in [2.05, 4.69) is 0 Å². The maximum absolute atomic E-state index is 9.84. The Morgan fingerprint density at radius 1 is 1.33 bits per heavy atom. The highest BCUT2D eigenvalue weighted by atomic mass is 16.5. The minimum Gasteiger partial charge on any atom is -0.384 e. The standard InChI is InChI=1S/C13H16O2/c14-13(11-5-2-1-3-6-11)9-8-12-7-4-10-15-12/h1-3,5-6,8-9,12-14H,4,7,10H2/b9-8+. The third-order valence-corrected chi connectivity index (χ3v) is 2.61. The number of aliphatic hydroxyl groups is 1. The Morgan fingerprint density at radius 3 is 2.80 bits per heavy atom. The summed E-state index contributed by atoms with van der Waals surface area (Å²) in [6.07, 6.45) is 5.64. The zero-order valence-electron chi connectivity index (χ0n) is 8.67. The summed E-state index contributed by atoms with van der Waals surface area (Å²) in [4.78, 5) is 0. The van der Waals surface area contributed by atoms with Crippen molar-refractivity contribution in [2.75, 3.05) is 6.61 Å². The van der Waals surface area contributed by atoms with Crippen molar-refractivity contribution in [2.24, 2.45) is 0 Å². The van der Waals surface area contributed by atoms with E-state index >= 15 is 0 Å². The predicted molar refractivity (Wildman–Crippen MR) is 59.5 cm³/mol. The van der Waals surface area contributed by atoms with Crippen LogP contribution in [0.25, 0.3) is 0 Å². The van der Waals surface area contributed by atoms with Crippen molar-refractivity contribution in [2.45, 2.75) is 25.0 Å². The minimum absolute atomic E-state index is 0.198. The molecule has 1 aromatic rings. The molecule has 1 saturated heterocycles. The lowest BCUT2D eigenvalue weighted by Crippen LogP contribution is -2.01. The molecule has 0 radical (unpaired) electrons. The van der Waals surface area contributed by atoms with Crippen LogP contribution in [0.2, 0.25) is 0 Å². The summed E-state index contributed by atoms with van der Waals surface area (Å²) in [5, 5.41) is 9.84. The van der Waals surface area contributed by atoms with Crippen molar-refractivity contribution in [1.29, 1.82) is 0 Å². The molecule has 0 amide bonds. The van der Waals surface area contributed by atoms with Gasteiger partial charge in [0.25, 0.3) is 0 Å². The van der Waals surface area contributed by atoms with Gasteiger partial charge in [0.05, 0.1) is 12.2 Å². The maximum Gasteiger partial charge on any atom is 0.0972 e. The maximum atomic E-state index is 9.84. The molecule has 0 bridgehead atoms. The predicted octanol–water partition coefficient (Wildman–Crippen LogP) is 2.46. The minimum atomic E-state index is -0.518. The highest BCUT2D eigenvalue weighted by Gasteiger charge is 2.12. The molecule has 0 saturated carbocycles. The Labute approximate surface area is 90.2 Å². The summed E-state index contributed by atoms with van der Waals surface area (Å²) in [6.45, 7) is 0.844. The lowest BCUT2D eigenvalue weighted by molar-refractivity contribution is 0.143. The van der Waals surface area contributed by atoms with Crippen molar-refractivity contribution in [3.63, 3.8) is 0 Å². The number of benzene rings is 1. The Hall–Kier alpha value is -1.12. The summed E-state index contributed by atoms with van der Waals surface area (Å²) in [5.74, 6) is 0. The van der Waals surface area contributed by atoms with Crippen LogP contribution in [-0.2, 0) is 4.74 Å². The third-order valence-electron chi connectivity index (χ3n) is 2.61. The van der Waals surface area contributed by atoms with Crippen LogP contribution in [0.1, 0.15) is 24.5 Å². The van der Waals surface area contributed by atoms with E-state index in [1.54, 1.807) is 0 Å². The molecule has 1 aliphatic rings. The highest BCUT2D eigenvalue weighted by molar-refractivity contribution is 5.21. The number of aliphatic hydroxyl groups excluding tert-OH is 1. The first-order valence-corrected chi connectivity index (χ1v) is 5.39. The van der Waals surface area contributed by atoms with Gasteiger partial charge >= 0.3 is 0 Å². The zero-order chi connectivity index (χ0) is 10.5. The van der Waals surface area contributed by atoms with Crippen LogP contribution in [0.15, 0.2) is 42.5 Å². The summed E-state index contributed by atoms with van der Waals surface area (Å²) in [5.41, 5.74) is 0.923. The lowest BCUT2D eigenvalue weighted by Gasteiger charge is -2.07. The van der Waals surface area contributed by atoms with Crippen molar-refractivity contribution in [3.05, 3.63) is 48.0 Å². The van der Waals surface area contributed by atoms with Gasteiger partial charge in [-0.15, -0.1) is 0 Å². The Morgan fingerprint density at radius 2 is 2.13 bits per heavy atom. The van der Waals surface area contributed by atoms with Crippen molar-refractivity contribution >= 4 is 0 Å². The SMILES string of the molecule is OC(/C=C/C1CCCO1)c1ccccc1. The molecule has 1 fully saturated rings. The molecule has 1 aliphatic heterocycles. The summed E-state index contributed by atoms with van der Waals surface area (Å²) < 4.78 is 5.44. The molecule has 2 unspecified atom stereocenters. The molecule has 2 heteroatoms. The molecular weight excluding hydrogens is 188 g/mol. The van der Waals surface area contributed by atoms with E-state index in [9.17, 15) is 5.11 Å². The van der Waals surface area contributed by atoms with Gasteiger partial charge in [0.15, 0.2) is 0 Å². The monoisotopic (exact) mass is 204 g/mol. The molecular formula is C13H16O2. The topological polar surface area (TPSA) is 29.5 Å². The second kappa shape index (κ2) is 5.10. The number of hydrogen-bond donors (Lipinski definition) is 1. The van der Waals surface area contributed by atoms with Gasteiger partial charge in [-0.25, -0.2) is 0 Å². The third kappa shape index (κ3) is 2.91. The van der Waals surface area contributed by atoms with Gasteiger partial charge < -0.3 is 9.84 Å². The summed E-state index contributed by atoms with van der Waals surface area (Å²) in [6, 6.07) is 9.64. The van der Waals surface area contributed by atoms with E-state index in [-0.39, 0.29) is 6.10 Å². The van der Waals surface area contributed by atoms with Crippen LogP contribution in [0.4, 0.5) is 0 Å². The van der Waals surface area contributed by atoms with Gasteiger partial charge in [0.1, 0.15) is 0 Å². The molecule has 1 aromatic carbocycles. The van der Waals surface area contributed by atoms with Crippen LogP contribution in [0, 0.1) is 0 Å². The second-order valence-corrected chi connectivity index (χ2v) is 3.79. The molecule has 0 aromatic heterocycles. The fraction of sp³-hybridized carbons (Fsp3) is 0.385. The van der Waals surface area contributed by atoms with Gasteiger partial charge in [-0.2, -0.15) is 0 Å². The molecule has 2 atom stereocenters. The van der Waals surface area contributed by atoms with E-state index in [0.717, 1.165) is 25.0 Å². The van der Waals surface area contributed by atoms with Crippen LogP contribution in [0.5, 0.6) is 0 Å². The van der Waals surface area contributed by atoms with Gasteiger partial charge in [0.2, 0.25) is 0 Å². The van der Waals surface area contributed by atoms with Crippen LogP contribution < -0.4 is 0 Å². The van der Waals surface area contributed by atoms with Crippen LogP contribution in [0.3, 0.4) is 0 Å². The number of ether oxygens (including phenoxy) is 1. The molecule has 1 N–H and O–H groups in total. The smallest absolute Gasteiger partial charge is 0.0972 e. The highest BCUT2D eigenvalue weighted by Crippen LogP contribution is 2.17. The van der Waals surface area contributed by atoms with E-state index in [1.165, 1.54) is 0 Å². The quantitative estimate of drug-likeness (QED) is 0.766.